The molecule has 0 bridgehead atoms. The number of rotatable bonds is 5. The number of carboxylic acid groups (broad SMARTS) is 1. The molecule has 0 amide bonds. The number of ether oxygens (including phenoxy) is 1. The molecule has 0 saturated heterocycles. The summed E-state index contributed by atoms with van der Waals surface area (Å²) in [5.41, 5.74) is -0.0667. The molecule has 4 heteroatoms. The Morgan fingerprint density at radius 3 is 2.81 bits per heavy atom. The summed E-state index contributed by atoms with van der Waals surface area (Å²) >= 11 is 0. The van der Waals surface area contributed by atoms with Crippen LogP contribution < -0.4 is 10.1 Å². The lowest BCUT2D eigenvalue weighted by Gasteiger charge is -2.44. The highest BCUT2D eigenvalue weighted by molar-refractivity contribution is 5.83. The average Bonchev–Trinajstić information content (AvgIpc) is 2.47. The zero-order valence-corrected chi connectivity index (χ0v) is 13.1. The molecule has 2 N–H and O–H groups in total. The van der Waals surface area contributed by atoms with Crippen molar-refractivity contribution in [1.82, 2.24) is 0 Å². The Morgan fingerprint density at radius 2 is 2.19 bits per heavy atom. The molecular formula is C17H25NO3. The Kier molecular flexibility index (Phi) is 4.76. The first-order chi connectivity index (χ1) is 9.99. The third-order valence-corrected chi connectivity index (χ3v) is 4.59. The molecular weight excluding hydrogens is 266 g/mol. The first-order valence-corrected chi connectivity index (χ1v) is 7.65. The maximum Gasteiger partial charge on any atom is 0.329 e. The highest BCUT2D eigenvalue weighted by Crippen LogP contribution is 2.41. The number of methoxy groups -OCH3 is 1. The van der Waals surface area contributed by atoms with E-state index in [2.05, 4.69) is 19.2 Å². The highest BCUT2D eigenvalue weighted by atomic mass is 16.5. The number of hydrogen-bond donors (Lipinski definition) is 2. The number of anilines is 1. The van der Waals surface area contributed by atoms with Crippen LogP contribution in [0.1, 0.15) is 39.5 Å². The molecule has 0 radical (unpaired) electrons. The van der Waals surface area contributed by atoms with Crippen molar-refractivity contribution in [2.45, 2.75) is 45.1 Å². The van der Waals surface area contributed by atoms with Crippen molar-refractivity contribution in [1.29, 1.82) is 0 Å². The van der Waals surface area contributed by atoms with Gasteiger partial charge in [0.2, 0.25) is 0 Å². The van der Waals surface area contributed by atoms with Crippen LogP contribution in [0.5, 0.6) is 5.75 Å². The minimum absolute atomic E-state index is 0.134. The van der Waals surface area contributed by atoms with E-state index in [4.69, 9.17) is 4.74 Å². The van der Waals surface area contributed by atoms with Crippen LogP contribution in [0.3, 0.4) is 0 Å². The molecule has 2 unspecified atom stereocenters. The van der Waals surface area contributed by atoms with Gasteiger partial charge in [0, 0.05) is 11.8 Å². The summed E-state index contributed by atoms with van der Waals surface area (Å²) < 4.78 is 5.22. The van der Waals surface area contributed by atoms with E-state index in [0.717, 1.165) is 30.7 Å². The molecule has 21 heavy (non-hydrogen) atoms. The first kappa shape index (κ1) is 15.7. The monoisotopic (exact) mass is 291 g/mol. The fraction of sp³-hybridized carbons (Fsp3) is 0.588. The van der Waals surface area contributed by atoms with Crippen molar-refractivity contribution in [3.8, 4) is 5.75 Å². The van der Waals surface area contributed by atoms with Gasteiger partial charge in [0.05, 0.1) is 7.11 Å². The SMILES string of the molecule is COc1cccc(NC2(C(=O)O)CCCCC2C(C)C)c1. The number of aliphatic carboxylic acids is 1. The third-order valence-electron chi connectivity index (χ3n) is 4.59. The van der Waals surface area contributed by atoms with Gasteiger partial charge in [0.1, 0.15) is 11.3 Å². The van der Waals surface area contributed by atoms with E-state index in [1.165, 1.54) is 0 Å². The molecule has 2 atom stereocenters. The van der Waals surface area contributed by atoms with Gasteiger partial charge in [-0.25, -0.2) is 4.79 Å². The third kappa shape index (κ3) is 3.14. The Morgan fingerprint density at radius 1 is 1.43 bits per heavy atom. The Bertz CT molecular complexity index is 501. The van der Waals surface area contributed by atoms with E-state index in [-0.39, 0.29) is 5.92 Å². The zero-order chi connectivity index (χ0) is 15.5. The van der Waals surface area contributed by atoms with Gasteiger partial charge in [-0.15, -0.1) is 0 Å². The number of carbonyl (C=O) groups is 1. The van der Waals surface area contributed by atoms with E-state index in [0.29, 0.717) is 12.3 Å². The van der Waals surface area contributed by atoms with Crippen molar-refractivity contribution < 1.29 is 14.6 Å². The quantitative estimate of drug-likeness (QED) is 0.867. The normalized spacial score (nSPS) is 25.6. The van der Waals surface area contributed by atoms with Crippen LogP contribution in [0.25, 0.3) is 0 Å². The summed E-state index contributed by atoms with van der Waals surface area (Å²) in [6.07, 6.45) is 3.69. The van der Waals surface area contributed by atoms with Crippen molar-refractivity contribution in [3.05, 3.63) is 24.3 Å². The van der Waals surface area contributed by atoms with Crippen LogP contribution in [0, 0.1) is 11.8 Å². The summed E-state index contributed by atoms with van der Waals surface area (Å²) in [5, 5.41) is 13.2. The van der Waals surface area contributed by atoms with Crippen molar-refractivity contribution in [2.24, 2.45) is 11.8 Å². The molecule has 1 fully saturated rings. The Balaban J connectivity index is 2.34. The highest BCUT2D eigenvalue weighted by Gasteiger charge is 2.48. The molecule has 0 heterocycles. The second kappa shape index (κ2) is 6.37. The molecule has 0 aromatic heterocycles. The summed E-state index contributed by atoms with van der Waals surface area (Å²) in [5.74, 6) is 0.454. The maximum atomic E-state index is 12.1. The van der Waals surface area contributed by atoms with E-state index in [1.807, 2.05) is 24.3 Å². The molecule has 0 spiro atoms. The fourth-order valence-corrected chi connectivity index (χ4v) is 3.53. The lowest BCUT2D eigenvalue weighted by atomic mass is 9.67. The smallest absolute Gasteiger partial charge is 0.329 e. The van der Waals surface area contributed by atoms with Gasteiger partial charge in [-0.2, -0.15) is 0 Å². The molecule has 1 aromatic rings. The lowest BCUT2D eigenvalue weighted by molar-refractivity contribution is -0.146. The van der Waals surface area contributed by atoms with Crippen molar-refractivity contribution in [3.63, 3.8) is 0 Å². The lowest BCUT2D eigenvalue weighted by Crippen LogP contribution is -2.55. The van der Waals surface area contributed by atoms with E-state index < -0.39 is 11.5 Å². The van der Waals surface area contributed by atoms with E-state index in [9.17, 15) is 9.90 Å². The van der Waals surface area contributed by atoms with E-state index in [1.54, 1.807) is 7.11 Å². The summed E-state index contributed by atoms with van der Waals surface area (Å²) in [4.78, 5) is 12.1. The maximum absolute atomic E-state index is 12.1. The predicted octanol–water partition coefficient (Wildman–Crippen LogP) is 3.78. The van der Waals surface area contributed by atoms with Crippen LogP contribution in [-0.2, 0) is 4.79 Å². The van der Waals surface area contributed by atoms with Crippen LogP contribution in [0.2, 0.25) is 0 Å². The summed E-state index contributed by atoms with van der Waals surface area (Å²) in [7, 11) is 1.61. The van der Waals surface area contributed by atoms with Crippen LogP contribution in [-0.4, -0.2) is 23.7 Å². The molecule has 1 aromatic carbocycles. The topological polar surface area (TPSA) is 58.6 Å². The van der Waals surface area contributed by atoms with Crippen LogP contribution in [0.15, 0.2) is 24.3 Å². The van der Waals surface area contributed by atoms with Crippen LogP contribution in [0.4, 0.5) is 5.69 Å². The molecule has 116 valence electrons. The first-order valence-electron chi connectivity index (χ1n) is 7.65. The minimum atomic E-state index is -0.876. The van der Waals surface area contributed by atoms with Gasteiger partial charge in [-0.1, -0.05) is 32.8 Å². The van der Waals surface area contributed by atoms with Gasteiger partial charge < -0.3 is 15.2 Å². The second-order valence-corrected chi connectivity index (χ2v) is 6.23. The Labute approximate surface area is 126 Å². The zero-order valence-electron chi connectivity index (χ0n) is 13.1. The van der Waals surface area contributed by atoms with Crippen LogP contribution >= 0.6 is 0 Å². The predicted molar refractivity (Wildman–Crippen MR) is 83.8 cm³/mol. The summed E-state index contributed by atoms with van der Waals surface area (Å²) in [6, 6.07) is 7.50. The second-order valence-electron chi connectivity index (χ2n) is 6.23. The number of hydrogen-bond acceptors (Lipinski definition) is 3. The molecule has 1 saturated carbocycles. The van der Waals surface area contributed by atoms with Gasteiger partial charge in [0.15, 0.2) is 0 Å². The van der Waals surface area contributed by atoms with E-state index >= 15 is 0 Å². The fourth-order valence-electron chi connectivity index (χ4n) is 3.53. The van der Waals surface area contributed by atoms with Gasteiger partial charge in [-0.3, -0.25) is 0 Å². The largest absolute Gasteiger partial charge is 0.497 e. The average molecular weight is 291 g/mol. The Hall–Kier alpha value is -1.71. The van der Waals surface area contributed by atoms with Gasteiger partial charge in [-0.05, 0) is 36.8 Å². The van der Waals surface area contributed by atoms with Crippen molar-refractivity contribution >= 4 is 11.7 Å². The minimum Gasteiger partial charge on any atom is -0.497 e. The van der Waals surface area contributed by atoms with Crippen molar-refractivity contribution in [2.75, 3.05) is 12.4 Å². The number of carboxylic acids is 1. The van der Waals surface area contributed by atoms with Gasteiger partial charge >= 0.3 is 5.97 Å². The molecule has 0 aliphatic heterocycles. The van der Waals surface area contributed by atoms with Gasteiger partial charge in [0.25, 0.3) is 0 Å². The molecule has 1 aliphatic carbocycles. The molecule has 1 aliphatic rings. The molecule has 2 rings (SSSR count). The number of nitrogens with one attached hydrogen (secondary N) is 1. The summed E-state index contributed by atoms with van der Waals surface area (Å²) in [6.45, 7) is 4.22. The standard InChI is InChI=1S/C17H25NO3/c1-12(2)15-9-4-5-10-17(15,16(19)20)18-13-7-6-8-14(11-13)21-3/h6-8,11-12,15,18H,4-5,9-10H2,1-3H3,(H,19,20). The number of benzene rings is 1. The molecule has 4 nitrogen and oxygen atoms in total.